The van der Waals surface area contributed by atoms with Crippen molar-refractivity contribution in [3.63, 3.8) is 0 Å². The number of benzene rings is 1. The number of piperidine rings is 1. The number of hydrogen-bond acceptors (Lipinski definition) is 4. The molecule has 21 heavy (non-hydrogen) atoms. The van der Waals surface area contributed by atoms with Crippen molar-refractivity contribution >= 4 is 23.3 Å². The molecule has 0 spiro atoms. The van der Waals surface area contributed by atoms with Gasteiger partial charge < -0.3 is 5.11 Å². The van der Waals surface area contributed by atoms with Crippen molar-refractivity contribution in [1.82, 2.24) is 4.90 Å². The fraction of sp³-hybridized carbons (Fsp3) is 0.500. The van der Waals surface area contributed by atoms with Gasteiger partial charge in [0.1, 0.15) is 0 Å². The average molecular weight is 313 g/mol. The van der Waals surface area contributed by atoms with Crippen LogP contribution >= 0.6 is 11.6 Å². The van der Waals surface area contributed by atoms with Crippen LogP contribution in [0, 0.1) is 16.0 Å². The maximum absolute atomic E-state index is 11.0. The Morgan fingerprint density at radius 3 is 2.81 bits per heavy atom. The van der Waals surface area contributed by atoms with Crippen LogP contribution in [-0.2, 0) is 11.3 Å². The Kier molecular flexibility index (Phi) is 4.80. The van der Waals surface area contributed by atoms with Crippen LogP contribution in [0.4, 0.5) is 5.69 Å². The minimum absolute atomic E-state index is 0.0265. The zero-order valence-corrected chi connectivity index (χ0v) is 12.4. The molecule has 0 saturated carbocycles. The number of nitro benzene ring substituents is 1. The van der Waals surface area contributed by atoms with Gasteiger partial charge in [-0.1, -0.05) is 11.6 Å². The Morgan fingerprint density at radius 2 is 2.29 bits per heavy atom. The molecular formula is C14H17ClN2O4. The van der Waals surface area contributed by atoms with E-state index in [0.717, 1.165) is 5.56 Å². The minimum Gasteiger partial charge on any atom is -0.481 e. The molecule has 114 valence electrons. The first-order valence-electron chi connectivity index (χ1n) is 6.78. The van der Waals surface area contributed by atoms with Crippen LogP contribution in [0.2, 0.25) is 5.02 Å². The van der Waals surface area contributed by atoms with Gasteiger partial charge in [-0.3, -0.25) is 19.8 Å². The number of likely N-dealkylation sites (tertiary alicyclic amines) is 1. The number of aliphatic carboxylic acids is 1. The van der Waals surface area contributed by atoms with Crippen LogP contribution in [0.25, 0.3) is 0 Å². The first-order valence-corrected chi connectivity index (χ1v) is 7.16. The molecule has 1 aliphatic heterocycles. The van der Waals surface area contributed by atoms with E-state index in [9.17, 15) is 14.9 Å². The molecule has 1 aromatic carbocycles. The van der Waals surface area contributed by atoms with Crippen molar-refractivity contribution in [2.24, 2.45) is 5.92 Å². The lowest BCUT2D eigenvalue weighted by Gasteiger charge is -2.36. The standard InChI is InChI=1S/C14H17ClN2O4/c1-9-6-10(14(18)19)4-5-16(9)8-11-2-3-12(17(20)21)7-13(11)15/h2-3,7,9-10H,4-6,8H2,1H3,(H,18,19). The van der Waals surface area contributed by atoms with Crippen LogP contribution in [-0.4, -0.2) is 33.5 Å². The number of carbonyl (C=O) groups is 1. The molecule has 0 aromatic heterocycles. The van der Waals surface area contributed by atoms with Gasteiger partial charge in [-0.2, -0.15) is 0 Å². The fourth-order valence-corrected chi connectivity index (χ4v) is 2.91. The van der Waals surface area contributed by atoms with Crippen molar-refractivity contribution in [3.05, 3.63) is 38.9 Å². The lowest BCUT2D eigenvalue weighted by atomic mass is 9.91. The predicted octanol–water partition coefficient (Wildman–Crippen LogP) is 2.93. The summed E-state index contributed by atoms with van der Waals surface area (Å²) < 4.78 is 0. The molecule has 0 bridgehead atoms. The summed E-state index contributed by atoms with van der Waals surface area (Å²) in [4.78, 5) is 23.4. The zero-order valence-electron chi connectivity index (χ0n) is 11.7. The Hall–Kier alpha value is -1.66. The second-order valence-electron chi connectivity index (χ2n) is 5.41. The lowest BCUT2D eigenvalue weighted by molar-refractivity contribution is -0.384. The highest BCUT2D eigenvalue weighted by Crippen LogP contribution is 2.28. The third-order valence-corrected chi connectivity index (χ3v) is 4.34. The summed E-state index contributed by atoms with van der Waals surface area (Å²) in [6, 6.07) is 4.60. The fourth-order valence-electron chi connectivity index (χ4n) is 2.68. The molecule has 1 heterocycles. The van der Waals surface area contributed by atoms with Crippen molar-refractivity contribution in [2.75, 3.05) is 6.54 Å². The average Bonchev–Trinajstić information content (AvgIpc) is 2.42. The second-order valence-corrected chi connectivity index (χ2v) is 5.82. The summed E-state index contributed by atoms with van der Waals surface area (Å²) in [5.74, 6) is -1.03. The number of nitrogens with zero attached hydrogens (tertiary/aromatic N) is 2. The molecule has 7 heteroatoms. The van der Waals surface area contributed by atoms with Crippen molar-refractivity contribution < 1.29 is 14.8 Å². The van der Waals surface area contributed by atoms with Crippen LogP contribution in [0.3, 0.4) is 0 Å². The first kappa shape index (κ1) is 15.7. The summed E-state index contributed by atoms with van der Waals surface area (Å²) >= 11 is 6.09. The molecular weight excluding hydrogens is 296 g/mol. The molecule has 1 N–H and O–H groups in total. The van der Waals surface area contributed by atoms with E-state index in [0.29, 0.717) is 31.0 Å². The summed E-state index contributed by atoms with van der Waals surface area (Å²) in [5, 5.41) is 20.1. The third kappa shape index (κ3) is 3.71. The first-order chi connectivity index (χ1) is 9.88. The van der Waals surface area contributed by atoms with E-state index in [4.69, 9.17) is 16.7 Å². The van der Waals surface area contributed by atoms with Gasteiger partial charge in [0.05, 0.1) is 15.9 Å². The molecule has 6 nitrogen and oxygen atoms in total. The SMILES string of the molecule is CC1CC(C(=O)O)CCN1Cc1ccc([N+](=O)[O-])cc1Cl. The van der Waals surface area contributed by atoms with E-state index in [1.54, 1.807) is 6.07 Å². The van der Waals surface area contributed by atoms with Gasteiger partial charge in [-0.25, -0.2) is 0 Å². The van der Waals surface area contributed by atoms with Crippen LogP contribution < -0.4 is 0 Å². The van der Waals surface area contributed by atoms with Crippen LogP contribution in [0.5, 0.6) is 0 Å². The number of non-ortho nitro benzene ring substituents is 1. The molecule has 2 rings (SSSR count). The smallest absolute Gasteiger partial charge is 0.306 e. The molecule has 1 aromatic rings. The minimum atomic E-state index is -0.741. The Labute approximate surface area is 127 Å². The lowest BCUT2D eigenvalue weighted by Crippen LogP contribution is -2.42. The van der Waals surface area contributed by atoms with Gasteiger partial charge in [-0.15, -0.1) is 0 Å². The maximum atomic E-state index is 11.0. The molecule has 0 radical (unpaired) electrons. The number of rotatable bonds is 4. The van der Waals surface area contributed by atoms with E-state index in [1.807, 2.05) is 6.92 Å². The largest absolute Gasteiger partial charge is 0.481 e. The maximum Gasteiger partial charge on any atom is 0.306 e. The summed E-state index contributed by atoms with van der Waals surface area (Å²) in [6.45, 7) is 3.25. The normalized spacial score (nSPS) is 23.0. The van der Waals surface area contributed by atoms with E-state index in [1.165, 1.54) is 12.1 Å². The third-order valence-electron chi connectivity index (χ3n) is 3.98. The zero-order chi connectivity index (χ0) is 15.6. The number of carboxylic acids is 1. The van der Waals surface area contributed by atoms with Crippen LogP contribution in [0.15, 0.2) is 18.2 Å². The molecule has 1 fully saturated rings. The summed E-state index contributed by atoms with van der Waals surface area (Å²) in [7, 11) is 0. The molecule has 0 amide bonds. The van der Waals surface area contributed by atoms with Gasteiger partial charge in [0.25, 0.3) is 5.69 Å². The molecule has 2 atom stereocenters. The highest BCUT2D eigenvalue weighted by Gasteiger charge is 2.29. The van der Waals surface area contributed by atoms with E-state index >= 15 is 0 Å². The Bertz CT molecular complexity index is 564. The van der Waals surface area contributed by atoms with Gasteiger partial charge >= 0.3 is 5.97 Å². The molecule has 1 aliphatic rings. The monoisotopic (exact) mass is 312 g/mol. The Balaban J connectivity index is 2.05. The number of halogens is 1. The molecule has 2 unspecified atom stereocenters. The molecule has 0 aliphatic carbocycles. The predicted molar refractivity (Wildman–Crippen MR) is 78.3 cm³/mol. The van der Waals surface area contributed by atoms with E-state index in [2.05, 4.69) is 4.90 Å². The van der Waals surface area contributed by atoms with Crippen molar-refractivity contribution in [3.8, 4) is 0 Å². The van der Waals surface area contributed by atoms with Gasteiger partial charge in [0.2, 0.25) is 0 Å². The highest BCUT2D eigenvalue weighted by molar-refractivity contribution is 6.31. The topological polar surface area (TPSA) is 83.7 Å². The van der Waals surface area contributed by atoms with Gasteiger partial charge in [-0.05, 0) is 37.9 Å². The van der Waals surface area contributed by atoms with E-state index in [-0.39, 0.29) is 17.6 Å². The molecule has 1 saturated heterocycles. The summed E-state index contributed by atoms with van der Waals surface area (Å²) in [5.41, 5.74) is 0.796. The van der Waals surface area contributed by atoms with Crippen LogP contribution in [0.1, 0.15) is 25.3 Å². The number of carboxylic acid groups (broad SMARTS) is 1. The highest BCUT2D eigenvalue weighted by atomic mass is 35.5. The quantitative estimate of drug-likeness (QED) is 0.682. The van der Waals surface area contributed by atoms with Gasteiger partial charge in [0.15, 0.2) is 0 Å². The number of hydrogen-bond donors (Lipinski definition) is 1. The van der Waals surface area contributed by atoms with Crippen molar-refractivity contribution in [2.45, 2.75) is 32.4 Å². The van der Waals surface area contributed by atoms with Gasteiger partial charge in [0, 0.05) is 24.7 Å². The number of nitro groups is 1. The Morgan fingerprint density at radius 1 is 1.57 bits per heavy atom. The van der Waals surface area contributed by atoms with Crippen molar-refractivity contribution in [1.29, 1.82) is 0 Å². The van der Waals surface area contributed by atoms with E-state index < -0.39 is 10.9 Å². The summed E-state index contributed by atoms with van der Waals surface area (Å²) in [6.07, 6.45) is 1.23. The second kappa shape index (κ2) is 6.41.